The van der Waals surface area contributed by atoms with Crippen molar-refractivity contribution in [1.82, 2.24) is 10.5 Å². The summed E-state index contributed by atoms with van der Waals surface area (Å²) in [5.74, 6) is -0.750. The minimum atomic E-state index is -0.384. The highest BCUT2D eigenvalue weighted by Crippen LogP contribution is 2.02. The van der Waals surface area contributed by atoms with E-state index < -0.39 is 0 Å². The first-order valence-corrected chi connectivity index (χ1v) is 3.88. The normalized spacial score (nSPS) is 9.50. The number of carbonyl (C=O) groups excluding carboxylic acids is 2. The summed E-state index contributed by atoms with van der Waals surface area (Å²) in [5.41, 5.74) is 5.47. The third-order valence-corrected chi connectivity index (χ3v) is 1.35. The van der Waals surface area contributed by atoms with Gasteiger partial charge in [-0.15, -0.1) is 0 Å². The Hall–Kier alpha value is -1.89. The molecule has 0 aromatic carbocycles. The molecule has 0 atom stereocenters. The molecule has 0 saturated carbocycles. The minimum absolute atomic E-state index is 0.124. The first-order valence-electron chi connectivity index (χ1n) is 3.88. The number of amides is 2. The van der Waals surface area contributed by atoms with Gasteiger partial charge < -0.3 is 20.9 Å². The van der Waals surface area contributed by atoms with Crippen LogP contribution in [0.25, 0.3) is 0 Å². The molecule has 0 aliphatic rings. The lowest BCUT2D eigenvalue weighted by molar-refractivity contribution is -0.123. The van der Waals surface area contributed by atoms with Crippen LogP contribution < -0.4 is 16.4 Å². The van der Waals surface area contributed by atoms with Gasteiger partial charge in [0.2, 0.25) is 11.8 Å². The summed E-state index contributed by atoms with van der Waals surface area (Å²) < 4.78 is 4.49. The molecule has 2 amide bonds. The maximum absolute atomic E-state index is 11.1. The molecule has 4 N–H and O–H groups in total. The summed E-state index contributed by atoms with van der Waals surface area (Å²) in [7, 11) is 0. The second kappa shape index (κ2) is 4.97. The molecular weight excluding hydrogens is 188 g/mol. The van der Waals surface area contributed by atoms with Crippen LogP contribution >= 0.6 is 0 Å². The highest BCUT2D eigenvalue weighted by atomic mass is 16.5. The van der Waals surface area contributed by atoms with E-state index in [0.29, 0.717) is 5.69 Å². The van der Waals surface area contributed by atoms with E-state index in [9.17, 15) is 9.59 Å². The van der Waals surface area contributed by atoms with Crippen molar-refractivity contribution in [3.8, 4) is 0 Å². The SMILES string of the molecule is NCC(=O)NCC(=O)Nc1cnoc1. The third kappa shape index (κ3) is 3.23. The second-order valence-corrected chi connectivity index (χ2v) is 2.44. The fraction of sp³-hybridized carbons (Fsp3) is 0.286. The Morgan fingerprint density at radius 3 is 2.86 bits per heavy atom. The zero-order valence-electron chi connectivity index (χ0n) is 7.32. The summed E-state index contributed by atoms with van der Waals surface area (Å²) >= 11 is 0. The van der Waals surface area contributed by atoms with Gasteiger partial charge in [-0.3, -0.25) is 9.59 Å². The smallest absolute Gasteiger partial charge is 0.243 e. The van der Waals surface area contributed by atoms with E-state index in [-0.39, 0.29) is 24.9 Å². The number of nitrogens with one attached hydrogen (secondary N) is 2. The Morgan fingerprint density at radius 1 is 1.50 bits per heavy atom. The number of carbonyl (C=O) groups is 2. The van der Waals surface area contributed by atoms with E-state index in [4.69, 9.17) is 5.73 Å². The van der Waals surface area contributed by atoms with E-state index in [0.717, 1.165) is 0 Å². The maximum atomic E-state index is 11.1. The molecule has 1 aromatic heterocycles. The van der Waals surface area contributed by atoms with E-state index in [1.54, 1.807) is 0 Å². The van der Waals surface area contributed by atoms with Gasteiger partial charge in [0.1, 0.15) is 12.0 Å². The number of aromatic nitrogens is 1. The molecule has 76 valence electrons. The molecule has 0 unspecified atom stereocenters. The van der Waals surface area contributed by atoms with Crippen molar-refractivity contribution in [2.24, 2.45) is 5.73 Å². The Balaban J connectivity index is 2.26. The van der Waals surface area contributed by atoms with Gasteiger partial charge >= 0.3 is 0 Å². The predicted molar refractivity (Wildman–Crippen MR) is 47.2 cm³/mol. The van der Waals surface area contributed by atoms with Crippen molar-refractivity contribution in [3.05, 3.63) is 12.5 Å². The number of hydrogen-bond donors (Lipinski definition) is 3. The van der Waals surface area contributed by atoms with E-state index >= 15 is 0 Å². The summed E-state index contributed by atoms with van der Waals surface area (Å²) in [5, 5.41) is 8.16. The van der Waals surface area contributed by atoms with Crippen molar-refractivity contribution < 1.29 is 14.1 Å². The van der Waals surface area contributed by atoms with Gasteiger partial charge in [-0.2, -0.15) is 0 Å². The zero-order chi connectivity index (χ0) is 10.4. The van der Waals surface area contributed by atoms with Crippen LogP contribution in [0.15, 0.2) is 17.0 Å². The third-order valence-electron chi connectivity index (χ3n) is 1.35. The van der Waals surface area contributed by atoms with Crippen molar-refractivity contribution in [1.29, 1.82) is 0 Å². The molecule has 0 saturated heterocycles. The topological polar surface area (TPSA) is 110 Å². The average molecular weight is 198 g/mol. The van der Waals surface area contributed by atoms with Crippen molar-refractivity contribution in [3.63, 3.8) is 0 Å². The maximum Gasteiger partial charge on any atom is 0.243 e. The average Bonchev–Trinajstić information content (AvgIpc) is 2.66. The largest absolute Gasteiger partial charge is 0.363 e. The minimum Gasteiger partial charge on any atom is -0.363 e. The van der Waals surface area contributed by atoms with Gasteiger partial charge in [-0.25, -0.2) is 0 Å². The van der Waals surface area contributed by atoms with Crippen LogP contribution in [0.3, 0.4) is 0 Å². The lowest BCUT2D eigenvalue weighted by Gasteiger charge is -2.02. The molecule has 0 radical (unpaired) electrons. The molecule has 1 heterocycles. The first kappa shape index (κ1) is 10.2. The summed E-state index contributed by atoms with van der Waals surface area (Å²) in [6.45, 7) is -0.262. The Labute approximate surface area is 79.6 Å². The molecular formula is C7H10N4O3. The zero-order valence-corrected chi connectivity index (χ0v) is 7.32. The monoisotopic (exact) mass is 198 g/mol. The van der Waals surface area contributed by atoms with Gasteiger partial charge in [-0.1, -0.05) is 5.16 Å². The molecule has 0 aliphatic heterocycles. The molecule has 7 nitrogen and oxygen atoms in total. The summed E-state index contributed by atoms with van der Waals surface area (Å²) in [6.07, 6.45) is 2.63. The second-order valence-electron chi connectivity index (χ2n) is 2.44. The molecule has 7 heteroatoms. The number of anilines is 1. The van der Waals surface area contributed by atoms with Crippen molar-refractivity contribution in [2.45, 2.75) is 0 Å². The number of nitrogens with two attached hydrogens (primary N) is 1. The van der Waals surface area contributed by atoms with Crippen LogP contribution in [0.1, 0.15) is 0 Å². The molecule has 0 fully saturated rings. The molecule has 0 aliphatic carbocycles. The van der Waals surface area contributed by atoms with Crippen LogP contribution in [-0.4, -0.2) is 30.1 Å². The van der Waals surface area contributed by atoms with Gasteiger partial charge in [0.05, 0.1) is 19.3 Å². The molecule has 1 aromatic rings. The lowest BCUT2D eigenvalue weighted by atomic mass is 10.5. The summed E-state index contributed by atoms with van der Waals surface area (Å²) in [6, 6.07) is 0. The van der Waals surface area contributed by atoms with E-state index in [2.05, 4.69) is 20.3 Å². The Kier molecular flexibility index (Phi) is 3.62. The highest BCUT2D eigenvalue weighted by molar-refractivity contribution is 5.94. The number of nitrogens with zero attached hydrogens (tertiary/aromatic N) is 1. The van der Waals surface area contributed by atoms with Crippen LogP contribution in [0, 0.1) is 0 Å². The van der Waals surface area contributed by atoms with Crippen molar-refractivity contribution >= 4 is 17.5 Å². The van der Waals surface area contributed by atoms with Crippen LogP contribution in [0.2, 0.25) is 0 Å². The fourth-order valence-corrected chi connectivity index (χ4v) is 0.723. The van der Waals surface area contributed by atoms with Gasteiger partial charge in [-0.05, 0) is 0 Å². The highest BCUT2D eigenvalue weighted by Gasteiger charge is 2.04. The van der Waals surface area contributed by atoms with E-state index in [1.807, 2.05) is 0 Å². The fourth-order valence-electron chi connectivity index (χ4n) is 0.723. The van der Waals surface area contributed by atoms with Gasteiger partial charge in [0.15, 0.2) is 0 Å². The van der Waals surface area contributed by atoms with Gasteiger partial charge in [0, 0.05) is 0 Å². The predicted octanol–water partition coefficient (Wildman–Crippen LogP) is -1.31. The van der Waals surface area contributed by atoms with E-state index in [1.165, 1.54) is 12.5 Å². The summed E-state index contributed by atoms with van der Waals surface area (Å²) in [4.78, 5) is 21.8. The van der Waals surface area contributed by atoms with Gasteiger partial charge in [0.25, 0.3) is 0 Å². The van der Waals surface area contributed by atoms with Crippen molar-refractivity contribution in [2.75, 3.05) is 18.4 Å². The molecule has 0 spiro atoms. The molecule has 14 heavy (non-hydrogen) atoms. The first-order chi connectivity index (χ1) is 6.72. The molecule has 0 bridgehead atoms. The lowest BCUT2D eigenvalue weighted by Crippen LogP contribution is -2.36. The Bertz CT molecular complexity index is 309. The quantitative estimate of drug-likeness (QED) is 0.556. The van der Waals surface area contributed by atoms with Crippen LogP contribution in [0.4, 0.5) is 5.69 Å². The number of rotatable bonds is 4. The van der Waals surface area contributed by atoms with Crippen LogP contribution in [0.5, 0.6) is 0 Å². The Morgan fingerprint density at radius 2 is 2.29 bits per heavy atom. The van der Waals surface area contributed by atoms with Crippen LogP contribution in [-0.2, 0) is 9.59 Å². The number of hydrogen-bond acceptors (Lipinski definition) is 5. The molecule has 1 rings (SSSR count). The standard InChI is InChI=1S/C7H10N4O3/c8-1-6(12)9-3-7(13)11-5-2-10-14-4-5/h2,4H,1,3,8H2,(H,9,12)(H,11,13).